The van der Waals surface area contributed by atoms with E-state index in [1.54, 1.807) is 31.4 Å². The Morgan fingerprint density at radius 1 is 1.04 bits per heavy atom. The summed E-state index contributed by atoms with van der Waals surface area (Å²) in [6.45, 7) is 1.88. The van der Waals surface area contributed by atoms with Gasteiger partial charge in [-0.2, -0.15) is 0 Å². The highest BCUT2D eigenvalue weighted by Gasteiger charge is 2.16. The first-order chi connectivity index (χ1) is 12.1. The van der Waals surface area contributed by atoms with Crippen molar-refractivity contribution in [2.24, 2.45) is 0 Å². The minimum atomic E-state index is -0.274. The van der Waals surface area contributed by atoms with Gasteiger partial charge in [0.05, 0.1) is 19.6 Å². The molecule has 4 heteroatoms. The Balaban J connectivity index is 1.77. The van der Waals surface area contributed by atoms with Crippen molar-refractivity contribution in [2.75, 3.05) is 12.4 Å². The van der Waals surface area contributed by atoms with Gasteiger partial charge in [-0.3, -0.25) is 4.79 Å². The van der Waals surface area contributed by atoms with Gasteiger partial charge >= 0.3 is 0 Å². The van der Waals surface area contributed by atoms with Gasteiger partial charge in [-0.05, 0) is 53.1 Å². The minimum Gasteiger partial charge on any atom is -0.497 e. The Morgan fingerprint density at radius 3 is 2.40 bits per heavy atom. The van der Waals surface area contributed by atoms with Gasteiger partial charge in [0, 0.05) is 5.69 Å². The molecule has 0 saturated carbocycles. The van der Waals surface area contributed by atoms with Crippen LogP contribution >= 0.6 is 0 Å². The molecule has 0 spiro atoms. The van der Waals surface area contributed by atoms with Crippen LogP contribution in [0.1, 0.15) is 24.0 Å². The van der Waals surface area contributed by atoms with E-state index in [4.69, 9.17) is 9.84 Å². The van der Waals surface area contributed by atoms with Crippen molar-refractivity contribution in [1.29, 1.82) is 0 Å². The predicted octanol–water partition coefficient (Wildman–Crippen LogP) is 4.08. The second-order valence-electron chi connectivity index (χ2n) is 6.04. The smallest absolute Gasteiger partial charge is 0.231 e. The van der Waals surface area contributed by atoms with Crippen LogP contribution in [0.5, 0.6) is 5.75 Å². The topological polar surface area (TPSA) is 58.6 Å². The summed E-state index contributed by atoms with van der Waals surface area (Å²) in [5.74, 6) is 0.478. The third-order valence-electron chi connectivity index (χ3n) is 4.37. The summed E-state index contributed by atoms with van der Waals surface area (Å²) in [6, 6.07) is 19.1. The van der Waals surface area contributed by atoms with Gasteiger partial charge in [-0.15, -0.1) is 0 Å². The molecule has 0 aliphatic carbocycles. The third-order valence-corrected chi connectivity index (χ3v) is 4.37. The maximum Gasteiger partial charge on any atom is 0.231 e. The number of benzene rings is 3. The van der Waals surface area contributed by atoms with Crippen LogP contribution in [-0.2, 0) is 11.4 Å². The summed E-state index contributed by atoms with van der Waals surface area (Å²) in [6.07, 6.45) is 0. The largest absolute Gasteiger partial charge is 0.497 e. The number of hydrogen-bond acceptors (Lipinski definition) is 3. The molecule has 1 unspecified atom stereocenters. The van der Waals surface area contributed by atoms with Gasteiger partial charge in [0.2, 0.25) is 5.91 Å². The zero-order chi connectivity index (χ0) is 17.8. The summed E-state index contributed by atoms with van der Waals surface area (Å²) in [4.78, 5) is 12.5. The SMILES string of the molecule is COc1ccc2cc(C(C)C(=O)Nc3ccc(CO)cc3)ccc2c1. The van der Waals surface area contributed by atoms with Crippen LogP contribution in [0.25, 0.3) is 10.8 Å². The van der Waals surface area contributed by atoms with Crippen LogP contribution in [-0.4, -0.2) is 18.1 Å². The number of ether oxygens (including phenoxy) is 1. The maximum absolute atomic E-state index is 12.5. The number of amides is 1. The maximum atomic E-state index is 12.5. The fraction of sp³-hybridized carbons (Fsp3) is 0.190. The van der Waals surface area contributed by atoms with Crippen molar-refractivity contribution in [2.45, 2.75) is 19.4 Å². The molecule has 4 nitrogen and oxygen atoms in total. The van der Waals surface area contributed by atoms with Crippen LogP contribution in [0.4, 0.5) is 5.69 Å². The number of anilines is 1. The average Bonchev–Trinajstić information content (AvgIpc) is 2.67. The molecule has 3 aromatic carbocycles. The Labute approximate surface area is 147 Å². The van der Waals surface area contributed by atoms with E-state index in [1.165, 1.54) is 0 Å². The molecule has 2 N–H and O–H groups in total. The van der Waals surface area contributed by atoms with Crippen LogP contribution in [0.2, 0.25) is 0 Å². The second kappa shape index (κ2) is 7.36. The fourth-order valence-corrected chi connectivity index (χ4v) is 2.73. The number of methoxy groups -OCH3 is 1. The summed E-state index contributed by atoms with van der Waals surface area (Å²) in [5, 5.41) is 14.1. The van der Waals surface area contributed by atoms with Crippen LogP contribution in [0.15, 0.2) is 60.7 Å². The van der Waals surface area contributed by atoms with Crippen molar-refractivity contribution < 1.29 is 14.6 Å². The summed E-state index contributed by atoms with van der Waals surface area (Å²) >= 11 is 0. The predicted molar refractivity (Wildman–Crippen MR) is 99.9 cm³/mol. The molecule has 0 aliphatic rings. The van der Waals surface area contributed by atoms with Gasteiger partial charge in [0.15, 0.2) is 0 Å². The number of carbonyl (C=O) groups is 1. The minimum absolute atomic E-state index is 0.00744. The molecule has 0 fully saturated rings. The van der Waals surface area contributed by atoms with Gasteiger partial charge in [-0.1, -0.05) is 36.4 Å². The van der Waals surface area contributed by atoms with E-state index in [0.29, 0.717) is 0 Å². The van der Waals surface area contributed by atoms with Crippen molar-refractivity contribution in [3.63, 3.8) is 0 Å². The Morgan fingerprint density at radius 2 is 1.72 bits per heavy atom. The number of fused-ring (bicyclic) bond motifs is 1. The highest BCUT2D eigenvalue weighted by atomic mass is 16.5. The summed E-state index contributed by atoms with van der Waals surface area (Å²) in [7, 11) is 1.65. The standard InChI is InChI=1S/C21H21NO3/c1-14(21(24)22-19-8-3-15(13-23)4-9-19)16-5-6-18-12-20(25-2)10-7-17(18)11-16/h3-12,14,23H,13H2,1-2H3,(H,22,24). The van der Waals surface area contributed by atoms with E-state index < -0.39 is 0 Å². The monoisotopic (exact) mass is 335 g/mol. The number of rotatable bonds is 5. The van der Waals surface area contributed by atoms with Crippen molar-refractivity contribution in [3.05, 3.63) is 71.8 Å². The van der Waals surface area contributed by atoms with Gasteiger partial charge in [0.1, 0.15) is 5.75 Å². The lowest BCUT2D eigenvalue weighted by Crippen LogP contribution is -2.18. The molecule has 0 aliphatic heterocycles. The lowest BCUT2D eigenvalue weighted by molar-refractivity contribution is -0.117. The molecule has 0 saturated heterocycles. The summed E-state index contributed by atoms with van der Waals surface area (Å²) in [5.41, 5.74) is 2.50. The van der Waals surface area contributed by atoms with Gasteiger partial charge in [0.25, 0.3) is 0 Å². The lowest BCUT2D eigenvalue weighted by atomic mass is 9.97. The number of hydrogen-bond donors (Lipinski definition) is 2. The molecule has 3 aromatic rings. The Hall–Kier alpha value is -2.85. The average molecular weight is 335 g/mol. The molecule has 0 aromatic heterocycles. The molecular weight excluding hydrogens is 314 g/mol. The van der Waals surface area contributed by atoms with E-state index in [9.17, 15) is 4.79 Å². The molecule has 25 heavy (non-hydrogen) atoms. The van der Waals surface area contributed by atoms with E-state index >= 15 is 0 Å². The lowest BCUT2D eigenvalue weighted by Gasteiger charge is -2.14. The number of carbonyl (C=O) groups excluding carboxylic acids is 1. The Kier molecular flexibility index (Phi) is 5.00. The Bertz CT molecular complexity index is 887. The first-order valence-corrected chi connectivity index (χ1v) is 8.19. The molecule has 1 atom stereocenters. The second-order valence-corrected chi connectivity index (χ2v) is 6.04. The molecule has 0 bridgehead atoms. The van der Waals surface area contributed by atoms with Crippen molar-refractivity contribution >= 4 is 22.4 Å². The van der Waals surface area contributed by atoms with Crippen LogP contribution < -0.4 is 10.1 Å². The molecular formula is C21H21NO3. The fourth-order valence-electron chi connectivity index (χ4n) is 2.73. The zero-order valence-corrected chi connectivity index (χ0v) is 14.3. The van der Waals surface area contributed by atoms with E-state index in [1.807, 2.05) is 43.3 Å². The van der Waals surface area contributed by atoms with Crippen LogP contribution in [0.3, 0.4) is 0 Å². The highest BCUT2D eigenvalue weighted by Crippen LogP contribution is 2.26. The number of aliphatic hydroxyl groups is 1. The van der Waals surface area contributed by atoms with Crippen molar-refractivity contribution in [1.82, 2.24) is 0 Å². The third kappa shape index (κ3) is 3.80. The van der Waals surface area contributed by atoms with Crippen molar-refractivity contribution in [3.8, 4) is 5.75 Å². The first kappa shape index (κ1) is 17.0. The van der Waals surface area contributed by atoms with Gasteiger partial charge in [-0.25, -0.2) is 0 Å². The highest BCUT2D eigenvalue weighted by molar-refractivity contribution is 5.96. The molecule has 0 radical (unpaired) electrons. The first-order valence-electron chi connectivity index (χ1n) is 8.19. The van der Waals surface area contributed by atoms with Gasteiger partial charge < -0.3 is 15.2 Å². The van der Waals surface area contributed by atoms with E-state index in [2.05, 4.69) is 5.32 Å². The normalized spacial score (nSPS) is 12.0. The van der Waals surface area contributed by atoms with Crippen LogP contribution in [0, 0.1) is 0 Å². The molecule has 128 valence electrons. The molecule has 3 rings (SSSR count). The summed E-state index contributed by atoms with van der Waals surface area (Å²) < 4.78 is 5.24. The quantitative estimate of drug-likeness (QED) is 0.738. The zero-order valence-electron chi connectivity index (χ0n) is 14.3. The molecule has 0 heterocycles. The van der Waals surface area contributed by atoms with E-state index in [-0.39, 0.29) is 18.4 Å². The number of aliphatic hydroxyl groups excluding tert-OH is 1. The van der Waals surface area contributed by atoms with E-state index in [0.717, 1.165) is 33.3 Å². The molecule has 1 amide bonds. The number of nitrogens with one attached hydrogen (secondary N) is 1.